The molecule has 3 N–H and O–H groups in total. The Bertz CT molecular complexity index is 565. The van der Waals surface area contributed by atoms with Crippen molar-refractivity contribution in [3.8, 4) is 0 Å². The Balaban J connectivity index is 2.25. The molecule has 1 aromatic carbocycles. The maximum atomic E-state index is 11.9. The lowest BCUT2D eigenvalue weighted by Gasteiger charge is -2.16. The fourth-order valence-electron chi connectivity index (χ4n) is 1.86. The molecule has 1 amide bonds. The quantitative estimate of drug-likeness (QED) is 0.538. The Kier molecular flexibility index (Phi) is 4.06. The smallest absolute Gasteiger partial charge is 0.338 e. The lowest BCUT2D eigenvalue weighted by atomic mass is 10.1. The summed E-state index contributed by atoms with van der Waals surface area (Å²) in [5.74, 6) is -1.61. The van der Waals surface area contributed by atoms with Crippen molar-refractivity contribution in [1.29, 1.82) is 0 Å². The van der Waals surface area contributed by atoms with E-state index in [1.165, 1.54) is 25.1 Å². The molecule has 1 atom stereocenters. The average molecular weight is 293 g/mol. The summed E-state index contributed by atoms with van der Waals surface area (Å²) >= 11 is 0. The van der Waals surface area contributed by atoms with Gasteiger partial charge in [-0.05, 0) is 25.8 Å². The molecule has 0 bridgehead atoms. The fourth-order valence-corrected chi connectivity index (χ4v) is 1.86. The van der Waals surface area contributed by atoms with Gasteiger partial charge in [0, 0.05) is 12.1 Å². The number of nitro benzene ring substituents is 1. The first-order chi connectivity index (χ1) is 9.90. The van der Waals surface area contributed by atoms with Crippen molar-refractivity contribution in [3.63, 3.8) is 0 Å². The van der Waals surface area contributed by atoms with Crippen LogP contribution in [0.5, 0.6) is 0 Å². The number of amides is 1. The van der Waals surface area contributed by atoms with Crippen molar-refractivity contribution in [3.05, 3.63) is 33.9 Å². The summed E-state index contributed by atoms with van der Waals surface area (Å²) in [4.78, 5) is 33.4. The van der Waals surface area contributed by atoms with Gasteiger partial charge < -0.3 is 15.7 Å². The predicted octanol–water partition coefficient (Wildman–Crippen LogP) is 1.37. The molecule has 0 aliphatic heterocycles. The molecule has 0 radical (unpaired) electrons. The maximum absolute atomic E-state index is 11.9. The van der Waals surface area contributed by atoms with Gasteiger partial charge >= 0.3 is 5.97 Å². The molecular weight excluding hydrogens is 278 g/mol. The largest absolute Gasteiger partial charge is 0.478 e. The number of nitrogens with zero attached hydrogens (tertiary/aromatic N) is 1. The number of rotatable bonds is 6. The van der Waals surface area contributed by atoms with Crippen LogP contribution in [0.1, 0.15) is 30.1 Å². The first-order valence-corrected chi connectivity index (χ1v) is 6.47. The number of nitrogens with one attached hydrogen (secondary N) is 2. The second-order valence-electron chi connectivity index (χ2n) is 4.91. The van der Waals surface area contributed by atoms with Crippen LogP contribution in [0.4, 0.5) is 11.4 Å². The Morgan fingerprint density at radius 3 is 2.62 bits per heavy atom. The van der Waals surface area contributed by atoms with E-state index in [0.717, 1.165) is 12.8 Å². The number of para-hydroxylation sites is 1. The molecule has 21 heavy (non-hydrogen) atoms. The zero-order valence-electron chi connectivity index (χ0n) is 11.3. The van der Waals surface area contributed by atoms with Gasteiger partial charge in [0.2, 0.25) is 5.91 Å². The number of anilines is 1. The predicted molar refractivity (Wildman–Crippen MR) is 74.3 cm³/mol. The molecule has 0 heterocycles. The van der Waals surface area contributed by atoms with E-state index in [1.807, 2.05) is 0 Å². The number of hydrogen-bond donors (Lipinski definition) is 3. The van der Waals surface area contributed by atoms with Crippen molar-refractivity contribution < 1.29 is 19.6 Å². The van der Waals surface area contributed by atoms with E-state index in [2.05, 4.69) is 10.6 Å². The Labute approximate surface area is 120 Å². The Morgan fingerprint density at radius 2 is 2.10 bits per heavy atom. The van der Waals surface area contributed by atoms with E-state index < -0.39 is 16.9 Å². The number of carboxylic acids is 1. The Morgan fingerprint density at radius 1 is 1.43 bits per heavy atom. The minimum Gasteiger partial charge on any atom is -0.478 e. The number of carbonyl (C=O) groups is 2. The molecule has 1 unspecified atom stereocenters. The van der Waals surface area contributed by atoms with Crippen LogP contribution in [-0.4, -0.2) is 34.0 Å². The topological polar surface area (TPSA) is 122 Å². The zero-order valence-corrected chi connectivity index (χ0v) is 11.3. The monoisotopic (exact) mass is 293 g/mol. The maximum Gasteiger partial charge on any atom is 0.338 e. The van der Waals surface area contributed by atoms with Crippen LogP contribution in [0.25, 0.3) is 0 Å². The second-order valence-corrected chi connectivity index (χ2v) is 4.91. The van der Waals surface area contributed by atoms with Crippen molar-refractivity contribution in [2.75, 3.05) is 5.32 Å². The summed E-state index contributed by atoms with van der Waals surface area (Å²) in [7, 11) is 0. The fraction of sp³-hybridized carbons (Fsp3) is 0.385. The highest BCUT2D eigenvalue weighted by molar-refractivity contribution is 5.98. The third-order valence-corrected chi connectivity index (χ3v) is 3.15. The normalized spacial score (nSPS) is 15.1. The highest BCUT2D eigenvalue weighted by Gasteiger charge is 2.28. The van der Waals surface area contributed by atoms with Gasteiger partial charge in [-0.25, -0.2) is 4.79 Å². The highest BCUT2D eigenvalue weighted by atomic mass is 16.6. The van der Waals surface area contributed by atoms with E-state index in [9.17, 15) is 19.7 Å². The van der Waals surface area contributed by atoms with E-state index in [-0.39, 0.29) is 28.9 Å². The van der Waals surface area contributed by atoms with E-state index in [0.29, 0.717) is 0 Å². The molecule has 1 aliphatic carbocycles. The number of nitro groups is 1. The number of hydrogen-bond acceptors (Lipinski definition) is 5. The average Bonchev–Trinajstić information content (AvgIpc) is 3.22. The molecule has 8 heteroatoms. The lowest BCUT2D eigenvalue weighted by molar-refractivity contribution is -0.384. The lowest BCUT2D eigenvalue weighted by Crippen LogP contribution is -2.39. The third kappa shape index (κ3) is 3.47. The summed E-state index contributed by atoms with van der Waals surface area (Å²) < 4.78 is 0. The first kappa shape index (κ1) is 14.8. The minimum absolute atomic E-state index is 0.159. The number of carbonyl (C=O) groups excluding carboxylic acids is 1. The second kappa shape index (κ2) is 5.78. The van der Waals surface area contributed by atoms with Crippen molar-refractivity contribution in [2.24, 2.45) is 0 Å². The summed E-state index contributed by atoms with van der Waals surface area (Å²) in [5, 5.41) is 25.5. The van der Waals surface area contributed by atoms with Crippen molar-refractivity contribution >= 4 is 23.3 Å². The molecule has 0 aromatic heterocycles. The van der Waals surface area contributed by atoms with Crippen molar-refractivity contribution in [1.82, 2.24) is 5.32 Å². The number of carboxylic acid groups (broad SMARTS) is 1. The molecule has 0 saturated heterocycles. The molecule has 1 aromatic rings. The summed E-state index contributed by atoms with van der Waals surface area (Å²) in [5.41, 5.74) is -0.773. The van der Waals surface area contributed by atoms with Gasteiger partial charge in [-0.1, -0.05) is 6.07 Å². The molecule has 2 rings (SSSR count). The number of benzene rings is 1. The summed E-state index contributed by atoms with van der Waals surface area (Å²) in [6.45, 7) is 1.53. The first-order valence-electron chi connectivity index (χ1n) is 6.47. The van der Waals surface area contributed by atoms with Gasteiger partial charge in [0.1, 0.15) is 11.7 Å². The SMILES string of the molecule is CC(Nc1c(C(=O)O)cccc1[N+](=O)[O-])C(=O)NC1CC1. The molecule has 1 fully saturated rings. The van der Waals surface area contributed by atoms with Gasteiger partial charge in [-0.2, -0.15) is 0 Å². The van der Waals surface area contributed by atoms with E-state index >= 15 is 0 Å². The van der Waals surface area contributed by atoms with Crippen LogP contribution < -0.4 is 10.6 Å². The van der Waals surface area contributed by atoms with Gasteiger partial charge in [-0.3, -0.25) is 14.9 Å². The minimum atomic E-state index is -1.30. The molecular formula is C13H15N3O5. The van der Waals surface area contributed by atoms with Crippen LogP contribution >= 0.6 is 0 Å². The number of aromatic carboxylic acids is 1. The van der Waals surface area contributed by atoms with Crippen LogP contribution in [0, 0.1) is 10.1 Å². The van der Waals surface area contributed by atoms with Crippen LogP contribution in [0.3, 0.4) is 0 Å². The van der Waals surface area contributed by atoms with Crippen molar-refractivity contribution in [2.45, 2.75) is 31.8 Å². The van der Waals surface area contributed by atoms with Crippen LogP contribution in [0.2, 0.25) is 0 Å². The van der Waals surface area contributed by atoms with E-state index in [4.69, 9.17) is 5.11 Å². The molecule has 0 spiro atoms. The Hall–Kier alpha value is -2.64. The highest BCUT2D eigenvalue weighted by Crippen LogP contribution is 2.29. The molecule has 1 saturated carbocycles. The van der Waals surface area contributed by atoms with Gasteiger partial charge in [0.05, 0.1) is 10.5 Å². The van der Waals surface area contributed by atoms with Gasteiger partial charge in [0.25, 0.3) is 5.69 Å². The zero-order chi connectivity index (χ0) is 15.6. The molecule has 112 valence electrons. The van der Waals surface area contributed by atoms with E-state index in [1.54, 1.807) is 0 Å². The van der Waals surface area contributed by atoms with Gasteiger partial charge in [-0.15, -0.1) is 0 Å². The van der Waals surface area contributed by atoms with Gasteiger partial charge in [0.15, 0.2) is 0 Å². The summed E-state index contributed by atoms with van der Waals surface area (Å²) in [6.07, 6.45) is 1.84. The summed E-state index contributed by atoms with van der Waals surface area (Å²) in [6, 6.07) is 3.13. The third-order valence-electron chi connectivity index (χ3n) is 3.15. The van der Waals surface area contributed by atoms with Crippen LogP contribution in [-0.2, 0) is 4.79 Å². The standard InChI is InChI=1S/C13H15N3O5/c1-7(12(17)15-8-5-6-8)14-11-9(13(18)19)3-2-4-10(11)16(20)21/h2-4,7-8,14H,5-6H2,1H3,(H,15,17)(H,18,19). The molecule has 1 aliphatic rings. The molecule has 8 nitrogen and oxygen atoms in total. The van der Waals surface area contributed by atoms with Crippen LogP contribution in [0.15, 0.2) is 18.2 Å².